The zero-order chi connectivity index (χ0) is 21.2. The number of aryl methyl sites for hydroxylation is 2. The third-order valence-electron chi connectivity index (χ3n) is 8.19. The number of carbonyl (C=O) groups is 1. The number of imidazole rings is 1. The average Bonchev–Trinajstić information content (AvgIpc) is 3.14. The quantitative estimate of drug-likeness (QED) is 0.556. The molecule has 0 unspecified atom stereocenters. The van der Waals surface area contributed by atoms with Crippen molar-refractivity contribution in [2.45, 2.75) is 58.8 Å². The summed E-state index contributed by atoms with van der Waals surface area (Å²) in [6, 6.07) is 10.4. The molecule has 0 aliphatic heterocycles. The summed E-state index contributed by atoms with van der Waals surface area (Å²) >= 11 is 0. The van der Waals surface area contributed by atoms with E-state index in [0.717, 1.165) is 51.5 Å². The van der Waals surface area contributed by atoms with Crippen molar-refractivity contribution >= 4 is 17.2 Å². The van der Waals surface area contributed by atoms with Gasteiger partial charge in [0, 0.05) is 30.1 Å². The minimum absolute atomic E-state index is 0.188. The van der Waals surface area contributed by atoms with Crippen LogP contribution in [0.25, 0.3) is 16.9 Å². The smallest absolute Gasteiger partial charge is 0.224 e. The number of hydrogen-bond acceptors (Lipinski definition) is 2. The average molecular weight is 414 g/mol. The van der Waals surface area contributed by atoms with E-state index in [1.807, 2.05) is 12.3 Å². The number of rotatable bonds is 4. The summed E-state index contributed by atoms with van der Waals surface area (Å²) in [7, 11) is 0. The molecule has 7 rings (SSSR count). The number of nitrogens with zero attached hydrogens (tertiary/aromatic N) is 2. The van der Waals surface area contributed by atoms with E-state index < -0.39 is 0 Å². The molecule has 4 fully saturated rings. The van der Waals surface area contributed by atoms with Gasteiger partial charge in [-0.1, -0.05) is 18.2 Å². The first-order chi connectivity index (χ1) is 15.0. The number of nitrogens with one attached hydrogen (secondary N) is 1. The highest BCUT2D eigenvalue weighted by atomic mass is 16.1. The normalized spacial score (nSPS) is 28.9. The van der Waals surface area contributed by atoms with Gasteiger partial charge in [-0.2, -0.15) is 0 Å². The monoisotopic (exact) mass is 413 g/mol. The standard InChI is InChI=1S/C27H31N3O/c1-17-5-6-22(24-16-30-7-3-4-18(2)26(30)29-24)11-23(17)28-25(31)15-27-12-19-8-20(13-27)10-21(9-19)14-27/h3-7,11,16,19-21H,8-10,12-15H2,1-2H3,(H,28,31). The molecule has 0 spiro atoms. The molecule has 1 aromatic carbocycles. The Morgan fingerprint density at radius 1 is 1.06 bits per heavy atom. The highest BCUT2D eigenvalue weighted by molar-refractivity contribution is 5.92. The first-order valence-electron chi connectivity index (χ1n) is 11.8. The molecule has 0 radical (unpaired) electrons. The Kier molecular flexibility index (Phi) is 4.28. The van der Waals surface area contributed by atoms with Crippen LogP contribution in [0.2, 0.25) is 0 Å². The van der Waals surface area contributed by atoms with Crippen molar-refractivity contribution in [2.24, 2.45) is 23.2 Å². The van der Waals surface area contributed by atoms with Crippen molar-refractivity contribution in [1.29, 1.82) is 0 Å². The van der Waals surface area contributed by atoms with E-state index in [9.17, 15) is 4.79 Å². The molecule has 2 heterocycles. The third-order valence-corrected chi connectivity index (χ3v) is 8.19. The largest absolute Gasteiger partial charge is 0.326 e. The maximum absolute atomic E-state index is 13.2. The van der Waals surface area contributed by atoms with Crippen LogP contribution in [-0.2, 0) is 4.79 Å². The Hall–Kier alpha value is -2.62. The van der Waals surface area contributed by atoms with Gasteiger partial charge in [-0.05, 0) is 98.8 Å². The molecule has 4 aliphatic rings. The Balaban J connectivity index is 1.23. The number of anilines is 1. The van der Waals surface area contributed by atoms with Crippen LogP contribution < -0.4 is 5.32 Å². The lowest BCUT2D eigenvalue weighted by Crippen LogP contribution is -2.47. The summed E-state index contributed by atoms with van der Waals surface area (Å²) in [6.07, 6.45) is 12.8. The number of pyridine rings is 1. The van der Waals surface area contributed by atoms with Crippen LogP contribution in [0.15, 0.2) is 42.7 Å². The van der Waals surface area contributed by atoms with E-state index in [1.165, 1.54) is 38.5 Å². The van der Waals surface area contributed by atoms with Crippen LogP contribution in [0.5, 0.6) is 0 Å². The number of fused-ring (bicyclic) bond motifs is 1. The Morgan fingerprint density at radius 3 is 2.45 bits per heavy atom. The lowest BCUT2D eigenvalue weighted by atomic mass is 9.49. The summed E-state index contributed by atoms with van der Waals surface area (Å²) in [5.74, 6) is 2.82. The molecule has 4 bridgehead atoms. The van der Waals surface area contributed by atoms with E-state index in [0.29, 0.717) is 6.42 Å². The summed E-state index contributed by atoms with van der Waals surface area (Å²) in [4.78, 5) is 18.0. The fourth-order valence-corrected chi connectivity index (χ4v) is 7.25. The lowest BCUT2D eigenvalue weighted by molar-refractivity contribution is -0.124. The molecule has 1 N–H and O–H groups in total. The molecule has 4 nitrogen and oxygen atoms in total. The molecular weight excluding hydrogens is 382 g/mol. The highest BCUT2D eigenvalue weighted by Crippen LogP contribution is 2.61. The van der Waals surface area contributed by atoms with Gasteiger partial charge in [0.15, 0.2) is 0 Å². The van der Waals surface area contributed by atoms with E-state index in [-0.39, 0.29) is 11.3 Å². The van der Waals surface area contributed by atoms with Gasteiger partial charge >= 0.3 is 0 Å². The molecule has 4 saturated carbocycles. The van der Waals surface area contributed by atoms with Crippen molar-refractivity contribution in [3.8, 4) is 11.3 Å². The molecule has 1 amide bonds. The molecule has 3 aromatic rings. The molecule has 2 aromatic heterocycles. The predicted octanol–water partition coefficient (Wildman–Crippen LogP) is 6.16. The molecular formula is C27H31N3O. The van der Waals surface area contributed by atoms with Crippen molar-refractivity contribution in [1.82, 2.24) is 9.38 Å². The second-order valence-electron chi connectivity index (χ2n) is 10.7. The number of hydrogen-bond donors (Lipinski definition) is 1. The van der Waals surface area contributed by atoms with Crippen LogP contribution in [0.3, 0.4) is 0 Å². The van der Waals surface area contributed by atoms with Gasteiger partial charge in [-0.15, -0.1) is 0 Å². The van der Waals surface area contributed by atoms with Crippen LogP contribution in [0.1, 0.15) is 56.1 Å². The van der Waals surface area contributed by atoms with Crippen LogP contribution in [0.4, 0.5) is 5.69 Å². The molecule has 0 saturated heterocycles. The van der Waals surface area contributed by atoms with E-state index in [4.69, 9.17) is 4.98 Å². The second-order valence-corrected chi connectivity index (χ2v) is 10.7. The first kappa shape index (κ1) is 19.1. The fraction of sp³-hybridized carbons (Fsp3) is 0.481. The van der Waals surface area contributed by atoms with Crippen LogP contribution in [-0.4, -0.2) is 15.3 Å². The second kappa shape index (κ2) is 6.94. The highest BCUT2D eigenvalue weighted by Gasteiger charge is 2.51. The van der Waals surface area contributed by atoms with Crippen molar-refractivity contribution in [3.63, 3.8) is 0 Å². The van der Waals surface area contributed by atoms with Gasteiger partial charge in [0.1, 0.15) is 5.65 Å². The fourth-order valence-electron chi connectivity index (χ4n) is 7.25. The van der Waals surface area contributed by atoms with Gasteiger partial charge in [-0.25, -0.2) is 4.98 Å². The van der Waals surface area contributed by atoms with Gasteiger partial charge in [0.25, 0.3) is 0 Å². The summed E-state index contributed by atoms with van der Waals surface area (Å²) in [5.41, 5.74) is 6.40. The van der Waals surface area contributed by atoms with Gasteiger partial charge in [0.2, 0.25) is 5.91 Å². The van der Waals surface area contributed by atoms with Crippen molar-refractivity contribution in [2.75, 3.05) is 5.32 Å². The Bertz CT molecular complexity index is 1140. The predicted molar refractivity (Wildman–Crippen MR) is 124 cm³/mol. The number of amides is 1. The van der Waals surface area contributed by atoms with Crippen LogP contribution in [0, 0.1) is 37.0 Å². The Morgan fingerprint density at radius 2 is 1.77 bits per heavy atom. The number of benzene rings is 1. The van der Waals surface area contributed by atoms with Crippen molar-refractivity contribution < 1.29 is 4.79 Å². The Labute approximate surface area is 184 Å². The SMILES string of the molecule is Cc1ccc(-c2cn3cccc(C)c3n2)cc1NC(=O)CC12CC3CC(CC(C3)C1)C2. The van der Waals surface area contributed by atoms with Crippen molar-refractivity contribution in [3.05, 3.63) is 53.9 Å². The van der Waals surface area contributed by atoms with Gasteiger partial charge in [-0.3, -0.25) is 4.79 Å². The lowest BCUT2D eigenvalue weighted by Gasteiger charge is -2.56. The maximum Gasteiger partial charge on any atom is 0.224 e. The molecule has 31 heavy (non-hydrogen) atoms. The topological polar surface area (TPSA) is 46.4 Å². The maximum atomic E-state index is 13.2. The zero-order valence-corrected chi connectivity index (χ0v) is 18.5. The van der Waals surface area contributed by atoms with E-state index >= 15 is 0 Å². The molecule has 160 valence electrons. The molecule has 4 heteroatoms. The number of carbonyl (C=O) groups excluding carboxylic acids is 1. The van der Waals surface area contributed by atoms with Crippen LogP contribution >= 0.6 is 0 Å². The molecule has 4 aliphatic carbocycles. The summed E-state index contributed by atoms with van der Waals surface area (Å²) in [6.45, 7) is 4.15. The van der Waals surface area contributed by atoms with Gasteiger partial charge < -0.3 is 9.72 Å². The summed E-state index contributed by atoms with van der Waals surface area (Å²) < 4.78 is 2.07. The third kappa shape index (κ3) is 3.37. The molecule has 0 atom stereocenters. The minimum Gasteiger partial charge on any atom is -0.326 e. The first-order valence-corrected chi connectivity index (χ1v) is 11.8. The van der Waals surface area contributed by atoms with E-state index in [1.54, 1.807) is 0 Å². The van der Waals surface area contributed by atoms with E-state index in [2.05, 4.69) is 54.0 Å². The minimum atomic E-state index is 0.188. The number of aromatic nitrogens is 2. The summed E-state index contributed by atoms with van der Waals surface area (Å²) in [5, 5.41) is 3.27. The zero-order valence-electron chi connectivity index (χ0n) is 18.5. The van der Waals surface area contributed by atoms with Gasteiger partial charge in [0.05, 0.1) is 5.69 Å².